The van der Waals surface area contributed by atoms with Crippen LogP contribution in [-0.4, -0.2) is 24.8 Å². The monoisotopic (exact) mass is 435 g/mol. The Labute approximate surface area is 182 Å². The van der Waals surface area contributed by atoms with E-state index in [4.69, 9.17) is 0 Å². The molecule has 0 bridgehead atoms. The molecule has 0 aliphatic rings. The number of aryl methyl sites for hydroxylation is 2. The fourth-order valence-corrected chi connectivity index (χ4v) is 3.57. The average molecular weight is 435 g/mol. The van der Waals surface area contributed by atoms with Crippen LogP contribution in [0.4, 0.5) is 10.1 Å². The molecule has 0 saturated carbocycles. The molecule has 0 aliphatic heterocycles. The van der Waals surface area contributed by atoms with E-state index >= 15 is 0 Å². The highest BCUT2D eigenvalue weighted by molar-refractivity contribution is 5.91. The number of halogens is 1. The number of carbonyl (C=O) groups is 1. The van der Waals surface area contributed by atoms with E-state index in [1.54, 1.807) is 13.1 Å². The summed E-state index contributed by atoms with van der Waals surface area (Å²) in [4.78, 5) is 38.9. The van der Waals surface area contributed by atoms with Gasteiger partial charge >= 0.3 is 5.69 Å². The van der Waals surface area contributed by atoms with Gasteiger partial charge in [-0.05, 0) is 41.8 Å². The van der Waals surface area contributed by atoms with Crippen LogP contribution in [0.15, 0.2) is 64.3 Å². The van der Waals surface area contributed by atoms with Crippen molar-refractivity contribution in [2.75, 3.05) is 5.32 Å². The lowest BCUT2D eigenvalue weighted by atomic mass is 10.1. The van der Waals surface area contributed by atoms with Crippen LogP contribution >= 0.6 is 0 Å². The third kappa shape index (κ3) is 4.22. The molecule has 1 amide bonds. The summed E-state index contributed by atoms with van der Waals surface area (Å²) in [7, 11) is 1.63. The lowest BCUT2D eigenvalue weighted by molar-refractivity contribution is -0.116. The Morgan fingerprint density at radius 1 is 1.06 bits per heavy atom. The number of hydrogen-bond acceptors (Lipinski definition) is 4. The summed E-state index contributed by atoms with van der Waals surface area (Å²) in [6.07, 6.45) is 2.36. The van der Waals surface area contributed by atoms with Crippen molar-refractivity contribution in [3.05, 3.63) is 92.5 Å². The Morgan fingerprint density at radius 2 is 1.81 bits per heavy atom. The first-order valence-electron chi connectivity index (χ1n) is 10.2. The molecule has 0 fully saturated rings. The number of fused-ring (bicyclic) bond motifs is 1. The lowest BCUT2D eigenvalue weighted by Gasteiger charge is -2.12. The molecular weight excluding hydrogens is 413 g/mol. The molecule has 2 aromatic carbocycles. The summed E-state index contributed by atoms with van der Waals surface area (Å²) >= 11 is 0. The first-order valence-corrected chi connectivity index (χ1v) is 10.2. The van der Waals surface area contributed by atoms with Gasteiger partial charge in [0.15, 0.2) is 5.52 Å². The summed E-state index contributed by atoms with van der Waals surface area (Å²) in [6.45, 7) is 1.66. The summed E-state index contributed by atoms with van der Waals surface area (Å²) in [5.41, 5.74) is 1.42. The predicted molar refractivity (Wildman–Crippen MR) is 119 cm³/mol. The van der Waals surface area contributed by atoms with E-state index in [0.29, 0.717) is 11.3 Å². The number of benzene rings is 2. The molecule has 0 spiro atoms. The standard InChI is InChI=1S/C23H22FN5O3/c1-3-15-5-4-6-18(11-15)25-20(30)14-28-19-13-27(2)26-21(19)22(31)29(23(28)32)12-16-7-9-17(24)10-8-16/h4-11,13H,3,12,14H2,1-2H3,(H,25,30). The van der Waals surface area contributed by atoms with Gasteiger partial charge in [-0.15, -0.1) is 0 Å². The van der Waals surface area contributed by atoms with Crippen LogP contribution in [0.1, 0.15) is 18.1 Å². The molecular formula is C23H22FN5O3. The molecule has 9 heteroatoms. The van der Waals surface area contributed by atoms with Crippen molar-refractivity contribution < 1.29 is 9.18 Å². The minimum Gasteiger partial charge on any atom is -0.325 e. The third-order valence-electron chi connectivity index (χ3n) is 5.18. The number of amides is 1. The third-order valence-corrected chi connectivity index (χ3v) is 5.18. The maximum absolute atomic E-state index is 13.2. The second-order valence-electron chi connectivity index (χ2n) is 7.53. The van der Waals surface area contributed by atoms with E-state index < -0.39 is 23.0 Å². The molecule has 0 aliphatic carbocycles. The summed E-state index contributed by atoms with van der Waals surface area (Å²) in [5.74, 6) is -0.819. The van der Waals surface area contributed by atoms with E-state index in [-0.39, 0.29) is 24.1 Å². The summed E-state index contributed by atoms with van der Waals surface area (Å²) in [5, 5.41) is 6.98. The van der Waals surface area contributed by atoms with Gasteiger partial charge in [-0.1, -0.05) is 31.2 Å². The smallest absolute Gasteiger partial charge is 0.325 e. The average Bonchev–Trinajstić information content (AvgIpc) is 3.17. The molecule has 32 heavy (non-hydrogen) atoms. The molecule has 0 unspecified atom stereocenters. The van der Waals surface area contributed by atoms with E-state index in [1.807, 2.05) is 25.1 Å². The zero-order valence-corrected chi connectivity index (χ0v) is 17.7. The Kier molecular flexibility index (Phi) is 5.72. The van der Waals surface area contributed by atoms with Gasteiger partial charge in [0, 0.05) is 18.9 Å². The molecule has 0 radical (unpaired) electrons. The molecule has 4 rings (SSSR count). The van der Waals surface area contributed by atoms with E-state index in [1.165, 1.54) is 39.7 Å². The molecule has 0 atom stereocenters. The van der Waals surface area contributed by atoms with Gasteiger partial charge in [-0.2, -0.15) is 5.10 Å². The van der Waals surface area contributed by atoms with Gasteiger partial charge in [0.05, 0.1) is 12.1 Å². The van der Waals surface area contributed by atoms with Crippen molar-refractivity contribution in [3.8, 4) is 0 Å². The van der Waals surface area contributed by atoms with Crippen LogP contribution in [0.3, 0.4) is 0 Å². The Balaban J connectivity index is 1.72. The fraction of sp³-hybridized carbons (Fsp3) is 0.217. The molecule has 8 nitrogen and oxygen atoms in total. The summed E-state index contributed by atoms with van der Waals surface area (Å²) < 4.78 is 16.9. The topological polar surface area (TPSA) is 90.9 Å². The molecule has 0 saturated heterocycles. The highest BCUT2D eigenvalue weighted by Gasteiger charge is 2.18. The number of carbonyl (C=O) groups excluding carboxylic acids is 1. The van der Waals surface area contributed by atoms with Crippen LogP contribution in [0, 0.1) is 5.82 Å². The predicted octanol–water partition coefficient (Wildman–Crippen LogP) is 2.29. The molecule has 1 N–H and O–H groups in total. The highest BCUT2D eigenvalue weighted by atomic mass is 19.1. The molecule has 2 aromatic heterocycles. The van der Waals surface area contributed by atoms with Gasteiger partial charge in [0.2, 0.25) is 5.91 Å². The maximum atomic E-state index is 13.2. The van der Waals surface area contributed by atoms with Crippen LogP contribution < -0.4 is 16.6 Å². The van der Waals surface area contributed by atoms with Crippen molar-refractivity contribution in [3.63, 3.8) is 0 Å². The van der Waals surface area contributed by atoms with Crippen LogP contribution in [0.2, 0.25) is 0 Å². The SMILES string of the molecule is CCc1cccc(NC(=O)Cn2c(=O)n(Cc3ccc(F)cc3)c(=O)c3nn(C)cc32)c1. The second kappa shape index (κ2) is 8.62. The number of aromatic nitrogens is 4. The van der Waals surface area contributed by atoms with Gasteiger partial charge < -0.3 is 5.32 Å². The Hall–Kier alpha value is -4.01. The first-order chi connectivity index (χ1) is 15.4. The highest BCUT2D eigenvalue weighted by Crippen LogP contribution is 2.12. The number of anilines is 1. The quantitative estimate of drug-likeness (QED) is 0.503. The number of nitrogens with one attached hydrogen (secondary N) is 1. The molecule has 164 valence electrons. The summed E-state index contributed by atoms with van der Waals surface area (Å²) in [6, 6.07) is 13.0. The maximum Gasteiger partial charge on any atom is 0.332 e. The van der Waals surface area contributed by atoms with E-state index in [9.17, 15) is 18.8 Å². The van der Waals surface area contributed by atoms with E-state index in [0.717, 1.165) is 16.6 Å². The number of rotatable bonds is 6. The zero-order valence-electron chi connectivity index (χ0n) is 17.7. The van der Waals surface area contributed by atoms with Gasteiger partial charge in [-0.3, -0.25) is 23.4 Å². The first kappa shape index (κ1) is 21.2. The number of hydrogen-bond donors (Lipinski definition) is 1. The van der Waals surface area contributed by atoms with Crippen molar-refractivity contribution >= 4 is 22.6 Å². The number of nitrogens with zero attached hydrogens (tertiary/aromatic N) is 4. The van der Waals surface area contributed by atoms with E-state index in [2.05, 4.69) is 10.4 Å². The van der Waals surface area contributed by atoms with Gasteiger partial charge in [0.1, 0.15) is 12.4 Å². The minimum atomic E-state index is -0.641. The molecule has 4 aromatic rings. The second-order valence-corrected chi connectivity index (χ2v) is 7.53. The Morgan fingerprint density at radius 3 is 2.53 bits per heavy atom. The molecule has 2 heterocycles. The van der Waals surface area contributed by atoms with Crippen molar-refractivity contribution in [1.82, 2.24) is 18.9 Å². The fourth-order valence-electron chi connectivity index (χ4n) is 3.57. The Bertz CT molecular complexity index is 1420. The van der Waals surface area contributed by atoms with Gasteiger partial charge in [0.25, 0.3) is 5.56 Å². The minimum absolute atomic E-state index is 0.0649. The van der Waals surface area contributed by atoms with Gasteiger partial charge in [-0.25, -0.2) is 9.18 Å². The van der Waals surface area contributed by atoms with Crippen LogP contribution in [0.5, 0.6) is 0 Å². The largest absolute Gasteiger partial charge is 0.332 e. The van der Waals surface area contributed by atoms with Crippen LogP contribution in [-0.2, 0) is 31.4 Å². The normalized spacial score (nSPS) is 11.1. The van der Waals surface area contributed by atoms with Crippen molar-refractivity contribution in [2.24, 2.45) is 7.05 Å². The van der Waals surface area contributed by atoms with Crippen molar-refractivity contribution in [2.45, 2.75) is 26.4 Å². The lowest BCUT2D eigenvalue weighted by Crippen LogP contribution is -2.41. The van der Waals surface area contributed by atoms with Crippen molar-refractivity contribution in [1.29, 1.82) is 0 Å². The zero-order chi connectivity index (χ0) is 22.8. The van der Waals surface area contributed by atoms with Crippen LogP contribution in [0.25, 0.3) is 11.0 Å².